The zero-order chi connectivity index (χ0) is 30.3. The molecule has 0 aliphatic heterocycles. The third-order valence-electron chi connectivity index (χ3n) is 9.86. The van der Waals surface area contributed by atoms with E-state index in [0.29, 0.717) is 5.41 Å². The summed E-state index contributed by atoms with van der Waals surface area (Å²) >= 11 is 0. The molecule has 0 amide bonds. The van der Waals surface area contributed by atoms with Crippen LogP contribution in [0.3, 0.4) is 0 Å². The van der Waals surface area contributed by atoms with E-state index in [-0.39, 0.29) is 16.0 Å². The molecule has 0 aromatic carbocycles. The Kier molecular flexibility index (Phi) is 17.9. The maximum Gasteiger partial charge on any atom is 0.0798 e. The number of nitrogens with zero attached hydrogens (tertiary/aromatic N) is 2. The van der Waals surface area contributed by atoms with E-state index in [9.17, 15) is 0 Å². The summed E-state index contributed by atoms with van der Waals surface area (Å²) in [6.45, 7) is 27.7. The summed E-state index contributed by atoms with van der Waals surface area (Å²) in [5, 5.41) is -0.294. The largest absolute Gasteiger partial charge is 0.309 e. The summed E-state index contributed by atoms with van der Waals surface area (Å²) in [4.78, 5) is 5.06. The van der Waals surface area contributed by atoms with E-state index in [1.54, 1.807) is 0 Å². The van der Waals surface area contributed by atoms with Crippen LogP contribution < -0.4 is 0 Å². The van der Waals surface area contributed by atoms with Crippen molar-refractivity contribution in [3.63, 3.8) is 0 Å². The van der Waals surface area contributed by atoms with Crippen LogP contribution in [0.25, 0.3) is 0 Å². The van der Waals surface area contributed by atoms with E-state index in [1.165, 1.54) is 82.1 Å². The molecule has 2 nitrogen and oxygen atoms in total. The van der Waals surface area contributed by atoms with E-state index < -0.39 is 0 Å². The third-order valence-corrected chi connectivity index (χ3v) is 9.86. The molecule has 0 saturated heterocycles. The maximum absolute atomic E-state index is 6.50. The molecule has 0 heterocycles. The van der Waals surface area contributed by atoms with Crippen LogP contribution >= 0.6 is 0 Å². The monoisotopic (exact) mass is 539 g/mol. The number of hydrogen-bond acceptors (Lipinski definition) is 2. The summed E-state index contributed by atoms with van der Waals surface area (Å²) in [6.07, 6.45) is 17.5. The van der Waals surface area contributed by atoms with Crippen LogP contribution in [0.4, 0.5) is 0 Å². The normalized spacial score (nSPS) is 19.5. The zero-order valence-corrected chi connectivity index (χ0v) is 28.8. The van der Waals surface area contributed by atoms with Crippen molar-refractivity contribution in [3.8, 4) is 0 Å². The van der Waals surface area contributed by atoms with Crippen LogP contribution in [0.1, 0.15) is 140 Å². The van der Waals surface area contributed by atoms with Crippen LogP contribution in [-0.4, -0.2) is 65.8 Å². The fourth-order valence-electron chi connectivity index (χ4n) is 5.48. The molecule has 4 atom stereocenters. The van der Waals surface area contributed by atoms with Gasteiger partial charge in [0.15, 0.2) is 0 Å². The molecular weight excluding hydrogens is 470 g/mol. The molecule has 39 heavy (non-hydrogen) atoms. The lowest BCUT2D eigenvalue weighted by Crippen LogP contribution is -2.31. The van der Waals surface area contributed by atoms with Gasteiger partial charge in [-0.25, -0.2) is 0 Å². The van der Waals surface area contributed by atoms with Crippen molar-refractivity contribution < 1.29 is 0 Å². The lowest BCUT2D eigenvalue weighted by atomic mass is 9.65. The molecule has 0 rings (SSSR count). The fourth-order valence-corrected chi connectivity index (χ4v) is 5.48. The molecule has 0 N–H and O–H groups in total. The smallest absolute Gasteiger partial charge is 0.0798 e. The topological polar surface area (TPSA) is 6.48 Å². The van der Waals surface area contributed by atoms with Gasteiger partial charge in [-0.1, -0.05) is 109 Å². The molecular formula is C35H68B2N2. The average molecular weight is 539 g/mol. The first-order valence-electron chi connectivity index (χ1n) is 16.3. The summed E-state index contributed by atoms with van der Waals surface area (Å²) in [5.41, 5.74) is 3.56. The number of hydrogen-bond donors (Lipinski definition) is 0. The summed E-state index contributed by atoms with van der Waals surface area (Å²) in [6, 6.07) is 0. The zero-order valence-electron chi connectivity index (χ0n) is 28.8. The van der Waals surface area contributed by atoms with Crippen molar-refractivity contribution in [2.75, 3.05) is 40.3 Å². The first-order chi connectivity index (χ1) is 18.0. The summed E-state index contributed by atoms with van der Waals surface area (Å²) in [5.74, 6) is 0. The van der Waals surface area contributed by atoms with Crippen molar-refractivity contribution in [1.29, 1.82) is 0 Å². The predicted octanol–water partition coefficient (Wildman–Crippen LogP) is 9.82. The van der Waals surface area contributed by atoms with Gasteiger partial charge in [0.25, 0.3) is 0 Å². The number of rotatable bonds is 22. The molecule has 0 aliphatic carbocycles. The Bertz CT molecular complexity index is 724. The first kappa shape index (κ1) is 38.5. The van der Waals surface area contributed by atoms with Crippen LogP contribution in [0.5, 0.6) is 0 Å². The Hall–Kier alpha value is -0.470. The minimum Gasteiger partial charge on any atom is -0.309 e. The van der Waals surface area contributed by atoms with E-state index in [4.69, 9.17) is 15.7 Å². The molecule has 0 aromatic heterocycles. The van der Waals surface area contributed by atoms with E-state index in [0.717, 1.165) is 25.8 Å². The van der Waals surface area contributed by atoms with Crippen molar-refractivity contribution in [3.05, 3.63) is 23.3 Å². The molecule has 224 valence electrons. The Labute approximate surface area is 250 Å². The molecule has 4 radical (unpaired) electrons. The van der Waals surface area contributed by atoms with Crippen molar-refractivity contribution in [1.82, 2.24) is 9.80 Å². The molecule has 4 unspecified atom stereocenters. The Morgan fingerprint density at radius 2 is 1.28 bits per heavy atom. The van der Waals surface area contributed by atoms with Gasteiger partial charge in [-0.2, -0.15) is 0 Å². The average Bonchev–Trinajstić information content (AvgIpc) is 2.86. The van der Waals surface area contributed by atoms with Gasteiger partial charge in [0.1, 0.15) is 0 Å². The van der Waals surface area contributed by atoms with Crippen LogP contribution in [0, 0.1) is 10.8 Å². The molecule has 0 spiro atoms. The van der Waals surface area contributed by atoms with Gasteiger partial charge in [-0.15, -0.1) is 0 Å². The van der Waals surface area contributed by atoms with Gasteiger partial charge in [0.05, 0.1) is 15.7 Å². The predicted molar refractivity (Wildman–Crippen MR) is 180 cm³/mol. The lowest BCUT2D eigenvalue weighted by molar-refractivity contribution is 0.205. The van der Waals surface area contributed by atoms with Crippen LogP contribution in [0.2, 0.25) is 10.6 Å². The summed E-state index contributed by atoms with van der Waals surface area (Å²) < 4.78 is 0. The number of allylic oxidation sites excluding steroid dienone is 4. The van der Waals surface area contributed by atoms with Crippen LogP contribution in [-0.2, 0) is 0 Å². The van der Waals surface area contributed by atoms with Gasteiger partial charge in [0, 0.05) is 0 Å². The van der Waals surface area contributed by atoms with E-state index in [1.807, 2.05) is 0 Å². The van der Waals surface area contributed by atoms with Crippen molar-refractivity contribution >= 4 is 15.7 Å². The van der Waals surface area contributed by atoms with Gasteiger partial charge in [-0.3, -0.25) is 0 Å². The second kappa shape index (κ2) is 18.1. The highest BCUT2D eigenvalue weighted by molar-refractivity contribution is 6.16. The maximum atomic E-state index is 6.50. The van der Waals surface area contributed by atoms with Crippen molar-refractivity contribution in [2.45, 2.75) is 150 Å². The molecule has 0 aliphatic rings. The SMILES string of the molecule is [B]C(C)(/C=C(\C)C(C)(CC)CCCN(CCCN(C)C)CCCC(C)(CC)C/C(C)=C/CC([B])(C)CC)CC. The first-order valence-corrected chi connectivity index (χ1v) is 16.3. The fraction of sp³-hybridized carbons (Fsp3) is 0.886. The highest BCUT2D eigenvalue weighted by Crippen LogP contribution is 2.40. The van der Waals surface area contributed by atoms with Gasteiger partial charge in [-0.05, 0) is 116 Å². The highest BCUT2D eigenvalue weighted by atomic mass is 15.1. The molecule has 0 bridgehead atoms. The molecule has 0 saturated carbocycles. The minimum atomic E-state index is -0.210. The highest BCUT2D eigenvalue weighted by Gasteiger charge is 2.27. The van der Waals surface area contributed by atoms with E-state index in [2.05, 4.69) is 105 Å². The van der Waals surface area contributed by atoms with Crippen LogP contribution in [0.15, 0.2) is 23.3 Å². The second-order valence-electron chi connectivity index (χ2n) is 14.4. The van der Waals surface area contributed by atoms with Gasteiger partial charge >= 0.3 is 0 Å². The van der Waals surface area contributed by atoms with E-state index >= 15 is 0 Å². The second-order valence-corrected chi connectivity index (χ2v) is 14.4. The van der Waals surface area contributed by atoms with Gasteiger partial charge in [0.2, 0.25) is 0 Å². The third kappa shape index (κ3) is 16.5. The quantitative estimate of drug-likeness (QED) is 0.1000. The lowest BCUT2D eigenvalue weighted by Gasteiger charge is -2.34. The Morgan fingerprint density at radius 1 is 0.718 bits per heavy atom. The Balaban J connectivity index is 5.19. The Morgan fingerprint density at radius 3 is 1.77 bits per heavy atom. The standard InChI is InChI=1S/C35H68B2N2/c1-13-32(7,28-30(5)20-23-34(9,36)15-3)21-17-25-39(27-19-24-38(11)12)26-18-22-33(8,14-2)31(6)29-35(10,37)16-4/h20,29H,13-19,21-28H2,1-12H3/b30-20+,31-29+. The molecule has 4 heteroatoms. The minimum absolute atomic E-state index is 0.0842. The van der Waals surface area contributed by atoms with Crippen molar-refractivity contribution in [2.24, 2.45) is 10.8 Å². The summed E-state index contributed by atoms with van der Waals surface area (Å²) in [7, 11) is 17.3. The van der Waals surface area contributed by atoms with Gasteiger partial charge < -0.3 is 9.80 Å². The molecule has 0 fully saturated rings. The molecule has 0 aromatic rings.